The molecule has 0 heterocycles. The maximum Gasteiger partial charge on any atom is 0.240 e. The van der Waals surface area contributed by atoms with Gasteiger partial charge in [0, 0.05) is 23.6 Å². The van der Waals surface area contributed by atoms with Crippen LogP contribution in [0.3, 0.4) is 0 Å². The minimum atomic E-state index is -3.57. The van der Waals surface area contributed by atoms with Gasteiger partial charge in [0.15, 0.2) is 0 Å². The number of methoxy groups -OCH3 is 1. The van der Waals surface area contributed by atoms with Gasteiger partial charge in [0.2, 0.25) is 15.9 Å². The van der Waals surface area contributed by atoms with Crippen molar-refractivity contribution in [1.29, 1.82) is 0 Å². The molecule has 25 heavy (non-hydrogen) atoms. The fourth-order valence-electron chi connectivity index (χ4n) is 2.82. The largest absolute Gasteiger partial charge is 0.497 e. The van der Waals surface area contributed by atoms with Gasteiger partial charge in [-0.2, -0.15) is 11.8 Å². The lowest BCUT2D eigenvalue weighted by Gasteiger charge is -2.22. The summed E-state index contributed by atoms with van der Waals surface area (Å²) >= 11 is 1.89. The number of hydrogen-bond donors (Lipinski definition) is 1. The molecule has 0 saturated heterocycles. The van der Waals surface area contributed by atoms with Gasteiger partial charge in [0.25, 0.3) is 0 Å². The molecule has 140 valence electrons. The molecule has 0 bridgehead atoms. The molecule has 8 heteroatoms. The van der Waals surface area contributed by atoms with Gasteiger partial charge in [-0.1, -0.05) is 18.9 Å². The predicted molar refractivity (Wildman–Crippen MR) is 103 cm³/mol. The third kappa shape index (κ3) is 6.43. The third-order valence-corrected chi connectivity index (χ3v) is 6.63. The molecule has 1 aliphatic carbocycles. The molecule has 1 aromatic carbocycles. The third-order valence-electron chi connectivity index (χ3n) is 4.11. The Balaban J connectivity index is 1.89. The maximum atomic E-state index is 12.2. The predicted octanol–water partition coefficient (Wildman–Crippen LogP) is 2.25. The highest BCUT2D eigenvalue weighted by Gasteiger charge is 2.21. The molecule has 1 fully saturated rings. The first kappa shape index (κ1) is 19.9. The Morgan fingerprint density at radius 3 is 2.72 bits per heavy atom. The van der Waals surface area contributed by atoms with Crippen molar-refractivity contribution in [2.24, 2.45) is 0 Å². The molecule has 0 unspecified atom stereocenters. The Bertz CT molecular complexity index is 673. The molecule has 1 N–H and O–H groups in total. The van der Waals surface area contributed by atoms with Crippen LogP contribution in [0.2, 0.25) is 0 Å². The highest BCUT2D eigenvalue weighted by Crippen LogP contribution is 2.28. The molecule has 0 atom stereocenters. The monoisotopic (exact) mass is 386 g/mol. The first-order valence-corrected chi connectivity index (χ1v) is 11.3. The second-order valence-electron chi connectivity index (χ2n) is 6.10. The molecule has 1 aliphatic rings. The normalized spacial score (nSPS) is 15.1. The Kier molecular flexibility index (Phi) is 7.43. The van der Waals surface area contributed by atoms with E-state index < -0.39 is 10.0 Å². The fraction of sp³-hybridized carbons (Fsp3) is 0.588. The lowest BCUT2D eigenvalue weighted by Crippen LogP contribution is -2.41. The number of thioether (sulfide) groups is 1. The summed E-state index contributed by atoms with van der Waals surface area (Å²) in [4.78, 5) is 12.2. The van der Waals surface area contributed by atoms with Gasteiger partial charge in [-0.05, 0) is 25.0 Å². The molecule has 0 aliphatic heterocycles. The van der Waals surface area contributed by atoms with Gasteiger partial charge in [-0.3, -0.25) is 9.10 Å². The van der Waals surface area contributed by atoms with Gasteiger partial charge in [0.1, 0.15) is 12.3 Å². The summed E-state index contributed by atoms with van der Waals surface area (Å²) in [6.07, 6.45) is 6.21. The van der Waals surface area contributed by atoms with Crippen LogP contribution in [-0.2, 0) is 14.8 Å². The van der Waals surface area contributed by atoms with Crippen molar-refractivity contribution >= 4 is 33.4 Å². The van der Waals surface area contributed by atoms with E-state index in [0.717, 1.165) is 16.3 Å². The Labute approximate surface area is 154 Å². The minimum Gasteiger partial charge on any atom is -0.497 e. The van der Waals surface area contributed by atoms with Crippen LogP contribution in [0.15, 0.2) is 24.3 Å². The molecular weight excluding hydrogens is 360 g/mol. The van der Waals surface area contributed by atoms with Gasteiger partial charge < -0.3 is 10.1 Å². The van der Waals surface area contributed by atoms with E-state index in [1.54, 1.807) is 24.3 Å². The smallest absolute Gasteiger partial charge is 0.240 e. The van der Waals surface area contributed by atoms with E-state index in [0.29, 0.717) is 23.2 Å². The van der Waals surface area contributed by atoms with E-state index in [2.05, 4.69) is 5.32 Å². The molecule has 1 aromatic rings. The summed E-state index contributed by atoms with van der Waals surface area (Å²) in [5, 5.41) is 3.52. The molecule has 1 saturated carbocycles. The number of benzene rings is 1. The highest BCUT2D eigenvalue weighted by atomic mass is 32.2. The van der Waals surface area contributed by atoms with Crippen molar-refractivity contribution in [2.75, 3.05) is 36.5 Å². The van der Waals surface area contributed by atoms with Crippen LogP contribution in [-0.4, -0.2) is 51.8 Å². The standard InChI is InChI=1S/C17H26N2O4S2/c1-23-15-7-5-6-14(12-15)19(25(2,21)22)13-17(20)18-10-11-24-16-8-3-4-9-16/h5-7,12,16H,3-4,8-11,13H2,1-2H3,(H,18,20). The molecule has 0 radical (unpaired) electrons. The summed E-state index contributed by atoms with van der Waals surface area (Å²) < 4.78 is 30.4. The number of ether oxygens (including phenoxy) is 1. The first-order valence-electron chi connectivity index (χ1n) is 8.40. The van der Waals surface area contributed by atoms with Crippen LogP contribution >= 0.6 is 11.8 Å². The molecular formula is C17H26N2O4S2. The van der Waals surface area contributed by atoms with Crippen molar-refractivity contribution < 1.29 is 17.9 Å². The van der Waals surface area contributed by atoms with Crippen LogP contribution in [0, 0.1) is 0 Å². The Morgan fingerprint density at radius 2 is 2.08 bits per heavy atom. The fourth-order valence-corrected chi connectivity index (χ4v) is 4.89. The molecule has 0 aromatic heterocycles. The van der Waals surface area contributed by atoms with Crippen LogP contribution < -0.4 is 14.4 Å². The maximum absolute atomic E-state index is 12.2. The SMILES string of the molecule is COc1cccc(N(CC(=O)NCCSC2CCCC2)S(C)(=O)=O)c1. The zero-order valence-corrected chi connectivity index (χ0v) is 16.4. The molecule has 2 rings (SSSR count). The number of amides is 1. The molecule has 6 nitrogen and oxygen atoms in total. The number of anilines is 1. The zero-order chi connectivity index (χ0) is 18.3. The number of nitrogens with zero attached hydrogens (tertiary/aromatic N) is 1. The van der Waals surface area contributed by atoms with Crippen LogP contribution in [0.4, 0.5) is 5.69 Å². The second kappa shape index (κ2) is 9.33. The van der Waals surface area contributed by atoms with Crippen LogP contribution in [0.5, 0.6) is 5.75 Å². The van der Waals surface area contributed by atoms with E-state index in [1.807, 2.05) is 11.8 Å². The van der Waals surface area contributed by atoms with Crippen molar-refractivity contribution in [3.63, 3.8) is 0 Å². The molecule has 0 spiro atoms. The second-order valence-corrected chi connectivity index (χ2v) is 9.41. The van der Waals surface area contributed by atoms with E-state index in [1.165, 1.54) is 32.8 Å². The Hall–Kier alpha value is -1.41. The summed E-state index contributed by atoms with van der Waals surface area (Å²) in [5.74, 6) is 1.09. The van der Waals surface area contributed by atoms with E-state index in [-0.39, 0.29) is 12.5 Å². The number of hydrogen-bond acceptors (Lipinski definition) is 5. The van der Waals surface area contributed by atoms with E-state index in [9.17, 15) is 13.2 Å². The number of carbonyl (C=O) groups is 1. The number of nitrogens with one attached hydrogen (secondary N) is 1. The summed E-state index contributed by atoms with van der Waals surface area (Å²) in [7, 11) is -2.06. The van der Waals surface area contributed by atoms with Gasteiger partial charge in [-0.15, -0.1) is 0 Å². The first-order chi connectivity index (χ1) is 11.9. The van der Waals surface area contributed by atoms with E-state index in [4.69, 9.17) is 4.74 Å². The van der Waals surface area contributed by atoms with Gasteiger partial charge >= 0.3 is 0 Å². The topological polar surface area (TPSA) is 75.7 Å². The Morgan fingerprint density at radius 1 is 1.36 bits per heavy atom. The van der Waals surface area contributed by atoms with Crippen molar-refractivity contribution in [3.05, 3.63) is 24.3 Å². The lowest BCUT2D eigenvalue weighted by molar-refractivity contribution is -0.119. The van der Waals surface area contributed by atoms with Crippen molar-refractivity contribution in [3.8, 4) is 5.75 Å². The number of sulfonamides is 1. The van der Waals surface area contributed by atoms with Crippen molar-refractivity contribution in [1.82, 2.24) is 5.32 Å². The highest BCUT2D eigenvalue weighted by molar-refractivity contribution is 7.99. The summed E-state index contributed by atoms with van der Waals surface area (Å²) in [6.45, 7) is 0.315. The van der Waals surface area contributed by atoms with Crippen LogP contribution in [0.1, 0.15) is 25.7 Å². The van der Waals surface area contributed by atoms with Gasteiger partial charge in [0.05, 0.1) is 19.1 Å². The van der Waals surface area contributed by atoms with E-state index >= 15 is 0 Å². The average molecular weight is 387 g/mol. The summed E-state index contributed by atoms with van der Waals surface area (Å²) in [5.41, 5.74) is 0.414. The number of rotatable bonds is 9. The van der Waals surface area contributed by atoms with Crippen LogP contribution in [0.25, 0.3) is 0 Å². The van der Waals surface area contributed by atoms with Crippen molar-refractivity contribution in [2.45, 2.75) is 30.9 Å². The molecule has 1 amide bonds. The quantitative estimate of drug-likeness (QED) is 0.659. The lowest BCUT2D eigenvalue weighted by atomic mass is 10.3. The summed E-state index contributed by atoms with van der Waals surface area (Å²) in [6, 6.07) is 6.67. The average Bonchev–Trinajstić information content (AvgIpc) is 3.09. The number of carbonyl (C=O) groups excluding carboxylic acids is 1. The zero-order valence-electron chi connectivity index (χ0n) is 14.7. The minimum absolute atomic E-state index is 0.236. The van der Waals surface area contributed by atoms with Gasteiger partial charge in [-0.25, -0.2) is 8.42 Å².